The van der Waals surface area contributed by atoms with Crippen LogP contribution in [0.1, 0.15) is 43.4 Å². The molecule has 0 fully saturated rings. The average molecular weight is 387 g/mol. The zero-order chi connectivity index (χ0) is 17.5. The van der Waals surface area contributed by atoms with E-state index in [1.165, 1.54) is 5.56 Å². The highest BCUT2D eigenvalue weighted by Crippen LogP contribution is 2.17. The number of rotatable bonds is 6. The normalized spacial score (nSPS) is 12.5. The number of carbonyl (C=O) groups excluding carboxylic acids is 1. The lowest BCUT2D eigenvalue weighted by Crippen LogP contribution is -2.23. The number of hydrazone groups is 1. The molecule has 0 radical (unpaired) electrons. The fourth-order valence-corrected chi connectivity index (χ4v) is 2.65. The maximum atomic E-state index is 12.2. The molecule has 126 valence electrons. The van der Waals surface area contributed by atoms with Crippen molar-refractivity contribution in [2.75, 3.05) is 0 Å². The summed E-state index contributed by atoms with van der Waals surface area (Å²) in [6.45, 7) is 6.29. The van der Waals surface area contributed by atoms with Crippen LogP contribution < -0.4 is 5.43 Å². The third kappa shape index (κ3) is 5.60. The highest BCUT2D eigenvalue weighted by atomic mass is 79.9. The summed E-state index contributed by atoms with van der Waals surface area (Å²) < 4.78 is 1.01. The molecule has 0 unspecified atom stereocenters. The predicted octanol–water partition coefficient (Wildman–Crippen LogP) is 4.90. The van der Waals surface area contributed by atoms with Gasteiger partial charge in [0.2, 0.25) is 5.91 Å². The van der Waals surface area contributed by atoms with Crippen molar-refractivity contribution in [3.63, 3.8) is 0 Å². The van der Waals surface area contributed by atoms with Crippen molar-refractivity contribution >= 4 is 28.1 Å². The van der Waals surface area contributed by atoms with Crippen LogP contribution in [0.2, 0.25) is 0 Å². The van der Waals surface area contributed by atoms with Gasteiger partial charge in [0.25, 0.3) is 0 Å². The van der Waals surface area contributed by atoms with E-state index in [0.717, 1.165) is 22.0 Å². The Bertz CT molecular complexity index is 691. The SMILES string of the molecule is CC(C)Cc1ccc([C@@H](C)C(=O)N/N=C/c2ccc(Br)cc2)cc1. The molecule has 2 aromatic carbocycles. The van der Waals surface area contributed by atoms with E-state index in [-0.39, 0.29) is 11.8 Å². The fourth-order valence-electron chi connectivity index (χ4n) is 2.38. The standard InChI is InChI=1S/C20H23BrN2O/c1-14(2)12-16-4-8-18(9-5-16)15(3)20(24)23-22-13-17-6-10-19(21)11-7-17/h4-11,13-15H,12H2,1-3H3,(H,23,24)/b22-13+/t15-/m1/s1. The van der Waals surface area contributed by atoms with Crippen molar-refractivity contribution in [2.24, 2.45) is 11.0 Å². The molecule has 0 spiro atoms. The van der Waals surface area contributed by atoms with Gasteiger partial charge in [-0.1, -0.05) is 66.2 Å². The molecule has 2 aromatic rings. The summed E-state index contributed by atoms with van der Waals surface area (Å²) in [6, 6.07) is 16.0. The molecule has 3 nitrogen and oxygen atoms in total. The molecular weight excluding hydrogens is 364 g/mol. The van der Waals surface area contributed by atoms with Crippen LogP contribution in [0.15, 0.2) is 58.1 Å². The van der Waals surface area contributed by atoms with Gasteiger partial charge >= 0.3 is 0 Å². The molecule has 1 atom stereocenters. The molecule has 0 aliphatic rings. The third-order valence-corrected chi connectivity index (χ3v) is 4.30. The van der Waals surface area contributed by atoms with E-state index in [9.17, 15) is 4.79 Å². The number of halogens is 1. The number of amides is 1. The molecule has 0 saturated carbocycles. The minimum absolute atomic E-state index is 0.111. The summed E-state index contributed by atoms with van der Waals surface area (Å²) in [5, 5.41) is 4.03. The minimum atomic E-state index is -0.236. The van der Waals surface area contributed by atoms with E-state index in [1.54, 1.807) is 6.21 Å². The van der Waals surface area contributed by atoms with E-state index >= 15 is 0 Å². The average Bonchev–Trinajstić information content (AvgIpc) is 2.56. The van der Waals surface area contributed by atoms with Gasteiger partial charge < -0.3 is 0 Å². The van der Waals surface area contributed by atoms with E-state index in [2.05, 4.69) is 52.4 Å². The van der Waals surface area contributed by atoms with Crippen LogP contribution in [-0.4, -0.2) is 12.1 Å². The molecule has 0 aliphatic heterocycles. The largest absolute Gasteiger partial charge is 0.272 e. The third-order valence-electron chi connectivity index (χ3n) is 3.78. The maximum absolute atomic E-state index is 12.2. The Morgan fingerprint density at radius 1 is 1.08 bits per heavy atom. The summed E-state index contributed by atoms with van der Waals surface area (Å²) in [5.74, 6) is 0.282. The van der Waals surface area contributed by atoms with Gasteiger partial charge in [0.15, 0.2) is 0 Å². The number of benzene rings is 2. The Kier molecular flexibility index (Phi) is 6.73. The summed E-state index contributed by atoms with van der Waals surface area (Å²) in [6.07, 6.45) is 2.70. The fraction of sp³-hybridized carbons (Fsp3) is 0.300. The lowest BCUT2D eigenvalue weighted by atomic mass is 9.96. The molecule has 0 saturated heterocycles. The molecule has 1 amide bonds. The van der Waals surface area contributed by atoms with Crippen LogP contribution in [0.3, 0.4) is 0 Å². The van der Waals surface area contributed by atoms with Gasteiger partial charge in [0.05, 0.1) is 12.1 Å². The Hall–Kier alpha value is -1.94. The number of nitrogens with zero attached hydrogens (tertiary/aromatic N) is 1. The second-order valence-corrected chi connectivity index (χ2v) is 7.26. The molecule has 4 heteroatoms. The first-order valence-corrected chi connectivity index (χ1v) is 8.92. The van der Waals surface area contributed by atoms with Gasteiger partial charge in [-0.15, -0.1) is 0 Å². The lowest BCUT2D eigenvalue weighted by molar-refractivity contribution is -0.122. The zero-order valence-electron chi connectivity index (χ0n) is 14.3. The first-order chi connectivity index (χ1) is 11.5. The van der Waals surface area contributed by atoms with Crippen LogP contribution in [0.5, 0.6) is 0 Å². The molecular formula is C20H23BrN2O. The van der Waals surface area contributed by atoms with Crippen LogP contribution in [0.25, 0.3) is 0 Å². The number of hydrogen-bond donors (Lipinski definition) is 1. The van der Waals surface area contributed by atoms with Crippen molar-refractivity contribution < 1.29 is 4.79 Å². The summed E-state index contributed by atoms with van der Waals surface area (Å²) in [5.41, 5.74) is 5.84. The quantitative estimate of drug-likeness (QED) is 0.556. The Balaban J connectivity index is 1.92. The Morgan fingerprint density at radius 2 is 1.71 bits per heavy atom. The number of carbonyl (C=O) groups is 1. The first kappa shape index (κ1) is 18.4. The van der Waals surface area contributed by atoms with Crippen LogP contribution in [-0.2, 0) is 11.2 Å². The van der Waals surface area contributed by atoms with Gasteiger partial charge in [-0.25, -0.2) is 5.43 Å². The first-order valence-electron chi connectivity index (χ1n) is 8.13. The van der Waals surface area contributed by atoms with Crippen molar-refractivity contribution in [2.45, 2.75) is 33.1 Å². The van der Waals surface area contributed by atoms with Crippen LogP contribution >= 0.6 is 15.9 Å². The van der Waals surface area contributed by atoms with Gasteiger partial charge in [0.1, 0.15) is 0 Å². The molecule has 2 rings (SSSR count). The highest BCUT2D eigenvalue weighted by molar-refractivity contribution is 9.10. The number of nitrogens with one attached hydrogen (secondary N) is 1. The minimum Gasteiger partial charge on any atom is -0.272 e. The molecule has 24 heavy (non-hydrogen) atoms. The van der Waals surface area contributed by atoms with Gasteiger partial charge in [-0.05, 0) is 48.1 Å². The predicted molar refractivity (Wildman–Crippen MR) is 103 cm³/mol. The van der Waals surface area contributed by atoms with Gasteiger partial charge in [0, 0.05) is 4.47 Å². The molecule has 0 bridgehead atoms. The highest BCUT2D eigenvalue weighted by Gasteiger charge is 2.14. The molecule has 0 aromatic heterocycles. The molecule has 1 N–H and O–H groups in total. The van der Waals surface area contributed by atoms with Crippen molar-refractivity contribution in [1.82, 2.24) is 5.43 Å². The lowest BCUT2D eigenvalue weighted by Gasteiger charge is -2.11. The summed E-state index contributed by atoms with van der Waals surface area (Å²) in [4.78, 5) is 12.2. The smallest absolute Gasteiger partial charge is 0.247 e. The number of hydrogen-bond acceptors (Lipinski definition) is 2. The summed E-state index contributed by atoms with van der Waals surface area (Å²) in [7, 11) is 0. The van der Waals surface area contributed by atoms with Gasteiger partial charge in [-0.2, -0.15) is 5.10 Å². The van der Waals surface area contributed by atoms with E-state index in [4.69, 9.17) is 0 Å². The monoisotopic (exact) mass is 386 g/mol. The molecule has 0 heterocycles. The van der Waals surface area contributed by atoms with Crippen molar-refractivity contribution in [1.29, 1.82) is 0 Å². The second kappa shape index (κ2) is 8.78. The van der Waals surface area contributed by atoms with Gasteiger partial charge in [-0.3, -0.25) is 4.79 Å². The van der Waals surface area contributed by atoms with Crippen LogP contribution in [0.4, 0.5) is 0 Å². The van der Waals surface area contributed by atoms with Crippen molar-refractivity contribution in [3.05, 3.63) is 69.7 Å². The van der Waals surface area contributed by atoms with Crippen LogP contribution in [0, 0.1) is 5.92 Å². The molecule has 0 aliphatic carbocycles. The van der Waals surface area contributed by atoms with E-state index in [0.29, 0.717) is 5.92 Å². The second-order valence-electron chi connectivity index (χ2n) is 6.35. The van der Waals surface area contributed by atoms with Crippen molar-refractivity contribution in [3.8, 4) is 0 Å². The topological polar surface area (TPSA) is 41.5 Å². The van der Waals surface area contributed by atoms with E-state index < -0.39 is 0 Å². The maximum Gasteiger partial charge on any atom is 0.247 e. The zero-order valence-corrected chi connectivity index (χ0v) is 15.9. The van der Waals surface area contributed by atoms with E-state index in [1.807, 2.05) is 43.3 Å². The summed E-state index contributed by atoms with van der Waals surface area (Å²) >= 11 is 3.39. The Morgan fingerprint density at radius 3 is 2.29 bits per heavy atom. The Labute approximate surface area is 152 Å².